The Morgan fingerprint density at radius 2 is 1.75 bits per heavy atom. The van der Waals surface area contributed by atoms with Gasteiger partial charge in [-0.3, -0.25) is 9.69 Å². The molecule has 0 unspecified atom stereocenters. The van der Waals surface area contributed by atoms with Gasteiger partial charge in [0.25, 0.3) is 0 Å². The number of ether oxygens (including phenoxy) is 1. The summed E-state index contributed by atoms with van der Waals surface area (Å²) >= 11 is 0. The molecule has 0 aromatic heterocycles. The van der Waals surface area contributed by atoms with Crippen LogP contribution in [0.15, 0.2) is 42.5 Å². The van der Waals surface area contributed by atoms with Crippen LogP contribution in [-0.2, 0) is 6.54 Å². The average molecular weight is 385 g/mol. The van der Waals surface area contributed by atoms with E-state index in [4.69, 9.17) is 10.5 Å². The SMILES string of the molecule is COc1ccc(CN2CCN(CCCC(=O)c3ccc(F)cc3N)CC2)cc1. The fourth-order valence-corrected chi connectivity index (χ4v) is 3.55. The van der Waals surface area contributed by atoms with Gasteiger partial charge >= 0.3 is 0 Å². The first kappa shape index (κ1) is 20.3. The number of benzene rings is 2. The van der Waals surface area contributed by atoms with Crippen molar-refractivity contribution in [2.45, 2.75) is 19.4 Å². The van der Waals surface area contributed by atoms with Crippen LogP contribution in [0.1, 0.15) is 28.8 Å². The summed E-state index contributed by atoms with van der Waals surface area (Å²) in [5.74, 6) is 0.447. The van der Waals surface area contributed by atoms with Gasteiger partial charge in [0.1, 0.15) is 11.6 Å². The number of rotatable bonds is 8. The lowest BCUT2D eigenvalue weighted by atomic mass is 10.0. The Morgan fingerprint density at radius 1 is 1.07 bits per heavy atom. The normalized spacial score (nSPS) is 15.5. The number of nitrogen functional groups attached to an aromatic ring is 1. The predicted octanol–water partition coefficient (Wildman–Crippen LogP) is 3.20. The van der Waals surface area contributed by atoms with Crippen molar-refractivity contribution >= 4 is 11.5 Å². The second kappa shape index (κ2) is 9.66. The predicted molar refractivity (Wildman–Crippen MR) is 109 cm³/mol. The number of nitrogens with two attached hydrogens (primary N) is 1. The van der Waals surface area contributed by atoms with Crippen LogP contribution in [-0.4, -0.2) is 55.4 Å². The van der Waals surface area contributed by atoms with Gasteiger partial charge in [0, 0.05) is 50.4 Å². The van der Waals surface area contributed by atoms with Crippen LogP contribution in [0.4, 0.5) is 10.1 Å². The van der Waals surface area contributed by atoms with Gasteiger partial charge in [-0.2, -0.15) is 0 Å². The molecule has 0 bridgehead atoms. The number of methoxy groups -OCH3 is 1. The first-order chi connectivity index (χ1) is 13.5. The van der Waals surface area contributed by atoms with Crippen LogP contribution in [0.2, 0.25) is 0 Å². The molecule has 28 heavy (non-hydrogen) atoms. The number of hydrogen-bond donors (Lipinski definition) is 1. The Morgan fingerprint density at radius 3 is 2.39 bits per heavy atom. The second-order valence-electron chi connectivity index (χ2n) is 7.22. The fraction of sp³-hybridized carbons (Fsp3) is 0.409. The van der Waals surface area contributed by atoms with Crippen molar-refractivity contribution in [2.75, 3.05) is 45.6 Å². The van der Waals surface area contributed by atoms with E-state index in [9.17, 15) is 9.18 Å². The molecule has 0 spiro atoms. The van der Waals surface area contributed by atoms with Gasteiger partial charge in [-0.15, -0.1) is 0 Å². The van der Waals surface area contributed by atoms with Crippen LogP contribution in [0.3, 0.4) is 0 Å². The van der Waals surface area contributed by atoms with E-state index in [2.05, 4.69) is 21.9 Å². The van der Waals surface area contributed by atoms with Crippen molar-refractivity contribution < 1.29 is 13.9 Å². The minimum Gasteiger partial charge on any atom is -0.497 e. The van der Waals surface area contributed by atoms with Crippen LogP contribution in [0.25, 0.3) is 0 Å². The summed E-state index contributed by atoms with van der Waals surface area (Å²) in [6, 6.07) is 12.2. The first-order valence-electron chi connectivity index (χ1n) is 9.71. The van der Waals surface area contributed by atoms with Crippen LogP contribution in [0, 0.1) is 5.82 Å². The highest BCUT2D eigenvalue weighted by atomic mass is 19.1. The third kappa shape index (κ3) is 5.53. The van der Waals surface area contributed by atoms with Gasteiger partial charge in [-0.05, 0) is 48.9 Å². The van der Waals surface area contributed by atoms with E-state index in [1.165, 1.54) is 23.8 Å². The summed E-state index contributed by atoms with van der Waals surface area (Å²) in [5, 5.41) is 0. The number of anilines is 1. The first-order valence-corrected chi connectivity index (χ1v) is 9.71. The minimum atomic E-state index is -0.415. The Hall–Kier alpha value is -2.44. The van der Waals surface area contributed by atoms with E-state index in [1.807, 2.05) is 12.1 Å². The van der Waals surface area contributed by atoms with Gasteiger partial charge in [-0.25, -0.2) is 4.39 Å². The molecular formula is C22H28FN3O2. The largest absolute Gasteiger partial charge is 0.497 e. The zero-order chi connectivity index (χ0) is 19.9. The van der Waals surface area contributed by atoms with E-state index < -0.39 is 5.82 Å². The molecule has 3 rings (SSSR count). The molecule has 1 aliphatic rings. The molecule has 0 aliphatic carbocycles. The zero-order valence-electron chi connectivity index (χ0n) is 16.4. The highest BCUT2D eigenvalue weighted by molar-refractivity contribution is 6.00. The Labute approximate surface area is 165 Å². The van der Waals surface area contributed by atoms with Crippen molar-refractivity contribution in [3.05, 3.63) is 59.4 Å². The number of hydrogen-bond acceptors (Lipinski definition) is 5. The molecule has 2 aromatic rings. The van der Waals surface area contributed by atoms with Crippen molar-refractivity contribution in [1.82, 2.24) is 9.80 Å². The lowest BCUT2D eigenvalue weighted by molar-refractivity contribution is 0.0960. The van der Waals surface area contributed by atoms with E-state index in [1.54, 1.807) is 7.11 Å². The van der Waals surface area contributed by atoms with Gasteiger partial charge in [0.2, 0.25) is 0 Å². The summed E-state index contributed by atoms with van der Waals surface area (Å²) < 4.78 is 18.3. The lowest BCUT2D eigenvalue weighted by Gasteiger charge is -2.34. The van der Waals surface area contributed by atoms with Gasteiger partial charge in [0.15, 0.2) is 5.78 Å². The average Bonchev–Trinajstić information content (AvgIpc) is 2.70. The number of nitrogens with zero attached hydrogens (tertiary/aromatic N) is 2. The highest BCUT2D eigenvalue weighted by Crippen LogP contribution is 2.17. The monoisotopic (exact) mass is 385 g/mol. The maximum Gasteiger partial charge on any atom is 0.164 e. The van der Waals surface area contributed by atoms with Crippen LogP contribution in [0.5, 0.6) is 5.75 Å². The molecule has 0 amide bonds. The summed E-state index contributed by atoms with van der Waals surface area (Å²) in [6.07, 6.45) is 1.22. The molecule has 1 heterocycles. The van der Waals surface area contributed by atoms with Crippen molar-refractivity contribution in [3.8, 4) is 5.75 Å². The van der Waals surface area contributed by atoms with E-state index in [0.29, 0.717) is 12.0 Å². The molecule has 6 heteroatoms. The molecule has 2 N–H and O–H groups in total. The summed E-state index contributed by atoms with van der Waals surface area (Å²) in [6.45, 7) is 5.88. The molecule has 1 aliphatic heterocycles. The van der Waals surface area contributed by atoms with Crippen molar-refractivity contribution in [3.63, 3.8) is 0 Å². The molecule has 1 saturated heterocycles. The Kier molecular flexibility index (Phi) is 7.01. The maximum absolute atomic E-state index is 13.1. The Bertz CT molecular complexity index is 787. The quantitative estimate of drug-likeness (QED) is 0.559. The third-order valence-electron chi connectivity index (χ3n) is 5.22. The molecule has 5 nitrogen and oxygen atoms in total. The zero-order valence-corrected chi connectivity index (χ0v) is 16.4. The number of ketones is 1. The fourth-order valence-electron chi connectivity index (χ4n) is 3.55. The maximum atomic E-state index is 13.1. The van der Waals surface area contributed by atoms with E-state index in [0.717, 1.165) is 51.4 Å². The summed E-state index contributed by atoms with van der Waals surface area (Å²) in [7, 11) is 1.68. The van der Waals surface area contributed by atoms with Crippen LogP contribution >= 0.6 is 0 Å². The molecular weight excluding hydrogens is 357 g/mol. The van der Waals surface area contributed by atoms with E-state index >= 15 is 0 Å². The topological polar surface area (TPSA) is 58.8 Å². The highest BCUT2D eigenvalue weighted by Gasteiger charge is 2.17. The number of carbonyl (C=O) groups excluding carboxylic acids is 1. The Balaban J connectivity index is 1.37. The molecule has 150 valence electrons. The smallest absolute Gasteiger partial charge is 0.164 e. The molecule has 0 saturated carbocycles. The third-order valence-corrected chi connectivity index (χ3v) is 5.22. The number of halogens is 1. The number of piperazine rings is 1. The molecule has 0 atom stereocenters. The molecule has 1 fully saturated rings. The van der Waals surface area contributed by atoms with E-state index in [-0.39, 0.29) is 11.5 Å². The summed E-state index contributed by atoms with van der Waals surface area (Å²) in [4.78, 5) is 17.1. The van der Waals surface area contributed by atoms with Gasteiger partial charge in [-0.1, -0.05) is 12.1 Å². The van der Waals surface area contributed by atoms with Gasteiger partial charge in [0.05, 0.1) is 7.11 Å². The van der Waals surface area contributed by atoms with Gasteiger partial charge < -0.3 is 15.4 Å². The molecule has 0 radical (unpaired) electrons. The minimum absolute atomic E-state index is 0.0179. The van der Waals surface area contributed by atoms with Crippen molar-refractivity contribution in [1.29, 1.82) is 0 Å². The standard InChI is InChI=1S/C22H28FN3O2/c1-28-19-7-4-17(5-8-19)16-26-13-11-25(12-14-26)10-2-3-22(27)20-9-6-18(23)15-21(20)24/h4-9,15H,2-3,10-14,16,24H2,1H3. The number of Topliss-reactive ketones (excluding diaryl/α,β-unsaturated/α-hetero) is 1. The van der Waals surface area contributed by atoms with Crippen molar-refractivity contribution in [2.24, 2.45) is 0 Å². The second-order valence-corrected chi connectivity index (χ2v) is 7.22. The lowest BCUT2D eigenvalue weighted by Crippen LogP contribution is -2.46. The van der Waals surface area contributed by atoms with Crippen LogP contribution < -0.4 is 10.5 Å². The summed E-state index contributed by atoms with van der Waals surface area (Å²) in [5.41, 5.74) is 7.68. The molecule has 2 aromatic carbocycles. The number of carbonyl (C=O) groups is 1.